The normalized spacial score (nSPS) is 19.6. The lowest BCUT2D eigenvalue weighted by atomic mass is 10.1. The number of nitrogens with one attached hydrogen (secondary N) is 2. The molecule has 1 saturated carbocycles. The van der Waals surface area contributed by atoms with Crippen molar-refractivity contribution in [2.45, 2.75) is 31.7 Å². The van der Waals surface area contributed by atoms with Gasteiger partial charge in [-0.3, -0.25) is 14.7 Å². The molecule has 10 heteroatoms. The Labute approximate surface area is 168 Å². The maximum atomic E-state index is 12.5. The second kappa shape index (κ2) is 7.58. The minimum absolute atomic E-state index is 0.0371. The molecule has 1 atom stereocenters. The Morgan fingerprint density at radius 2 is 1.83 bits per heavy atom. The first-order valence-electron chi connectivity index (χ1n) is 9.65. The number of rotatable bonds is 5. The summed E-state index contributed by atoms with van der Waals surface area (Å²) in [7, 11) is -3.06. The first-order chi connectivity index (χ1) is 13.8. The minimum atomic E-state index is -3.06. The number of amides is 2. The van der Waals surface area contributed by atoms with Crippen molar-refractivity contribution in [3.05, 3.63) is 35.7 Å². The van der Waals surface area contributed by atoms with Gasteiger partial charge in [0.05, 0.1) is 11.5 Å². The Morgan fingerprint density at radius 3 is 2.45 bits per heavy atom. The molecule has 1 aliphatic heterocycles. The van der Waals surface area contributed by atoms with Crippen LogP contribution in [0.1, 0.15) is 41.9 Å². The molecule has 2 amide bonds. The van der Waals surface area contributed by atoms with E-state index in [9.17, 15) is 18.0 Å². The lowest BCUT2D eigenvalue weighted by Gasteiger charge is -2.29. The highest BCUT2D eigenvalue weighted by Crippen LogP contribution is 2.38. The van der Waals surface area contributed by atoms with Crippen LogP contribution in [0.5, 0.6) is 0 Å². The van der Waals surface area contributed by atoms with E-state index in [-0.39, 0.29) is 36.4 Å². The first-order valence-corrected chi connectivity index (χ1v) is 11.5. The highest BCUT2D eigenvalue weighted by Gasteiger charge is 2.29. The average molecular weight is 417 g/mol. The fourth-order valence-electron chi connectivity index (χ4n) is 3.26. The zero-order valence-corrected chi connectivity index (χ0v) is 16.9. The summed E-state index contributed by atoms with van der Waals surface area (Å²) in [5.74, 6) is 1.27. The van der Waals surface area contributed by atoms with Crippen LogP contribution in [0.25, 0.3) is 11.4 Å². The van der Waals surface area contributed by atoms with Crippen molar-refractivity contribution in [3.63, 3.8) is 0 Å². The topological polar surface area (TPSA) is 125 Å². The summed E-state index contributed by atoms with van der Waals surface area (Å²) in [5.41, 5.74) is 1.23. The van der Waals surface area contributed by atoms with E-state index in [4.69, 9.17) is 0 Å². The van der Waals surface area contributed by atoms with Gasteiger partial charge in [-0.25, -0.2) is 13.4 Å². The van der Waals surface area contributed by atoms with Gasteiger partial charge in [-0.2, -0.15) is 5.10 Å². The minimum Gasteiger partial charge on any atom is -0.341 e. The van der Waals surface area contributed by atoms with Crippen LogP contribution in [-0.4, -0.2) is 71.0 Å². The van der Waals surface area contributed by atoms with E-state index < -0.39 is 15.9 Å². The van der Waals surface area contributed by atoms with Crippen molar-refractivity contribution in [1.82, 2.24) is 25.4 Å². The van der Waals surface area contributed by atoms with Gasteiger partial charge in [0.2, 0.25) is 5.91 Å². The summed E-state index contributed by atoms with van der Waals surface area (Å²) in [4.78, 5) is 30.9. The molecule has 1 aliphatic carbocycles. The molecule has 0 radical (unpaired) electrons. The molecule has 0 unspecified atom stereocenters. The zero-order chi connectivity index (χ0) is 20.6. The lowest BCUT2D eigenvalue weighted by Crippen LogP contribution is -2.51. The number of H-pyrrole nitrogens is 1. The van der Waals surface area contributed by atoms with Crippen LogP contribution in [0.2, 0.25) is 0 Å². The van der Waals surface area contributed by atoms with Crippen molar-refractivity contribution in [3.8, 4) is 11.4 Å². The number of aromatic amines is 1. The molecule has 2 aliphatic rings. The van der Waals surface area contributed by atoms with Crippen molar-refractivity contribution < 1.29 is 18.0 Å². The molecule has 4 rings (SSSR count). The number of sulfone groups is 1. The fourth-order valence-corrected chi connectivity index (χ4v) is 4.46. The summed E-state index contributed by atoms with van der Waals surface area (Å²) in [6.07, 6.45) is 2.27. The number of aromatic nitrogens is 3. The van der Waals surface area contributed by atoms with E-state index in [1.807, 2.05) is 0 Å². The molecular weight excluding hydrogens is 394 g/mol. The van der Waals surface area contributed by atoms with E-state index in [0.717, 1.165) is 24.2 Å². The predicted octanol–water partition coefficient (Wildman–Crippen LogP) is 0.724. The molecule has 0 bridgehead atoms. The number of nitrogens with zero attached hydrogens (tertiary/aromatic N) is 3. The van der Waals surface area contributed by atoms with Crippen LogP contribution in [0.4, 0.5) is 0 Å². The largest absolute Gasteiger partial charge is 0.341 e. The first kappa shape index (κ1) is 19.6. The van der Waals surface area contributed by atoms with E-state index in [2.05, 4.69) is 20.5 Å². The summed E-state index contributed by atoms with van der Waals surface area (Å²) in [6.45, 7) is 1.93. The maximum absolute atomic E-state index is 12.5. The maximum Gasteiger partial charge on any atom is 0.251 e. The Kier molecular flexibility index (Phi) is 5.12. The lowest BCUT2D eigenvalue weighted by molar-refractivity contribution is -0.132. The van der Waals surface area contributed by atoms with Crippen LogP contribution in [0, 0.1) is 0 Å². The second-order valence-corrected chi connectivity index (χ2v) is 9.87. The third-order valence-electron chi connectivity index (χ3n) is 5.25. The molecule has 2 aromatic rings. The van der Waals surface area contributed by atoms with Crippen molar-refractivity contribution in [1.29, 1.82) is 0 Å². The van der Waals surface area contributed by atoms with Gasteiger partial charge in [-0.05, 0) is 31.9 Å². The van der Waals surface area contributed by atoms with Crippen LogP contribution >= 0.6 is 0 Å². The zero-order valence-electron chi connectivity index (χ0n) is 16.1. The Morgan fingerprint density at radius 1 is 1.17 bits per heavy atom. The van der Waals surface area contributed by atoms with E-state index in [1.165, 1.54) is 4.90 Å². The molecular formula is C19H23N5O4S. The summed E-state index contributed by atoms with van der Waals surface area (Å²) in [5, 5.41) is 9.87. The molecule has 1 saturated heterocycles. The Balaban J connectivity index is 1.35. The van der Waals surface area contributed by atoms with E-state index in [1.54, 1.807) is 31.2 Å². The van der Waals surface area contributed by atoms with E-state index in [0.29, 0.717) is 17.3 Å². The van der Waals surface area contributed by atoms with Crippen molar-refractivity contribution in [2.24, 2.45) is 0 Å². The van der Waals surface area contributed by atoms with Gasteiger partial charge in [0.25, 0.3) is 5.91 Å². The van der Waals surface area contributed by atoms with Crippen LogP contribution in [0.15, 0.2) is 24.3 Å². The highest BCUT2D eigenvalue weighted by atomic mass is 32.2. The molecule has 9 nitrogen and oxygen atoms in total. The molecule has 1 aromatic heterocycles. The Hall–Kier alpha value is -2.75. The molecule has 2 heterocycles. The van der Waals surface area contributed by atoms with Gasteiger partial charge >= 0.3 is 0 Å². The summed E-state index contributed by atoms with van der Waals surface area (Å²) in [6, 6.07) is 6.15. The van der Waals surface area contributed by atoms with Gasteiger partial charge in [-0.1, -0.05) is 12.1 Å². The van der Waals surface area contributed by atoms with Crippen LogP contribution in [-0.2, 0) is 14.6 Å². The van der Waals surface area contributed by atoms with E-state index >= 15 is 0 Å². The fraction of sp³-hybridized carbons (Fsp3) is 0.474. The standard InChI is InChI=1S/C19H23N5O4S/c1-12(19(26)24-8-10-29(27,28)11-9-24)20-18(25)15-6-4-14(5-7-15)17-21-16(22-23-17)13-2-3-13/h4-7,12-13H,2-3,8-11H2,1H3,(H,20,25)(H,21,22,23)/t12-/m1/s1. The third kappa shape index (κ3) is 4.47. The van der Waals surface area contributed by atoms with Gasteiger partial charge in [-0.15, -0.1) is 0 Å². The molecule has 1 aromatic carbocycles. The third-order valence-corrected chi connectivity index (χ3v) is 6.86. The SMILES string of the molecule is C[C@@H](NC(=O)c1ccc(-c2n[nH]c(C3CC3)n2)cc1)C(=O)N1CCS(=O)(=O)CC1. The monoisotopic (exact) mass is 417 g/mol. The number of hydrogen-bond donors (Lipinski definition) is 2. The number of carbonyl (C=O) groups is 2. The predicted molar refractivity (Wildman–Crippen MR) is 106 cm³/mol. The molecule has 0 spiro atoms. The van der Waals surface area contributed by atoms with Crippen LogP contribution < -0.4 is 5.32 Å². The second-order valence-electron chi connectivity index (χ2n) is 7.57. The smallest absolute Gasteiger partial charge is 0.251 e. The van der Waals surface area contributed by atoms with Gasteiger partial charge < -0.3 is 10.2 Å². The molecule has 154 valence electrons. The quantitative estimate of drug-likeness (QED) is 0.739. The van der Waals surface area contributed by atoms with Crippen molar-refractivity contribution >= 4 is 21.7 Å². The van der Waals surface area contributed by atoms with Crippen molar-refractivity contribution in [2.75, 3.05) is 24.6 Å². The number of benzene rings is 1. The summed E-state index contributed by atoms with van der Waals surface area (Å²) < 4.78 is 23.0. The number of carbonyl (C=O) groups excluding carboxylic acids is 2. The molecule has 2 N–H and O–H groups in total. The van der Waals surface area contributed by atoms with Gasteiger partial charge in [0, 0.05) is 30.1 Å². The average Bonchev–Trinajstić information content (AvgIpc) is 3.44. The summed E-state index contributed by atoms with van der Waals surface area (Å²) >= 11 is 0. The highest BCUT2D eigenvalue weighted by molar-refractivity contribution is 7.91. The van der Waals surface area contributed by atoms with Gasteiger partial charge in [0.15, 0.2) is 15.7 Å². The van der Waals surface area contributed by atoms with Gasteiger partial charge in [0.1, 0.15) is 11.9 Å². The van der Waals surface area contributed by atoms with Crippen LogP contribution in [0.3, 0.4) is 0 Å². The molecule has 29 heavy (non-hydrogen) atoms. The number of hydrogen-bond acceptors (Lipinski definition) is 6. The molecule has 2 fully saturated rings. The Bertz CT molecular complexity index is 1010.